The molecule has 1 unspecified atom stereocenters. The largest absolute Gasteiger partial charge is 0.496 e. The van der Waals surface area contributed by atoms with E-state index in [9.17, 15) is 0 Å². The molecule has 22 heavy (non-hydrogen) atoms. The van der Waals surface area contributed by atoms with Crippen molar-refractivity contribution in [3.8, 4) is 11.6 Å². The summed E-state index contributed by atoms with van der Waals surface area (Å²) in [6.45, 7) is 6.80. The first-order valence-corrected chi connectivity index (χ1v) is 7.46. The highest BCUT2D eigenvalue weighted by Gasteiger charge is 2.13. The van der Waals surface area contributed by atoms with E-state index in [1.54, 1.807) is 19.5 Å². The van der Waals surface area contributed by atoms with Crippen molar-refractivity contribution in [2.45, 2.75) is 32.8 Å². The van der Waals surface area contributed by atoms with Gasteiger partial charge in [-0.3, -0.25) is 0 Å². The summed E-state index contributed by atoms with van der Waals surface area (Å²) in [5.41, 5.74) is 1.16. The molecule has 0 radical (unpaired) electrons. The maximum absolute atomic E-state index is 5.67. The van der Waals surface area contributed by atoms with Gasteiger partial charge in [0.25, 0.3) is 5.88 Å². The predicted octanol–water partition coefficient (Wildman–Crippen LogP) is 3.49. The standard InChI is InChI=1S/C17H23N3O2/c1-12(2)22-17-16(18-9-10-19-17)20-11-13(3)14-7-5-6-8-15(14)21-4/h5-10,12-13H,11H2,1-4H3,(H,18,20). The van der Waals surface area contributed by atoms with Gasteiger partial charge in [-0.25, -0.2) is 9.97 Å². The molecule has 0 saturated heterocycles. The Labute approximate surface area is 131 Å². The highest BCUT2D eigenvalue weighted by Crippen LogP contribution is 2.27. The van der Waals surface area contributed by atoms with Gasteiger partial charge in [0.2, 0.25) is 0 Å². The van der Waals surface area contributed by atoms with Gasteiger partial charge in [0, 0.05) is 24.9 Å². The average Bonchev–Trinajstić information content (AvgIpc) is 2.53. The molecule has 0 aliphatic carbocycles. The minimum atomic E-state index is 0.0592. The highest BCUT2D eigenvalue weighted by atomic mass is 16.5. The van der Waals surface area contributed by atoms with E-state index in [0.717, 1.165) is 11.3 Å². The van der Waals surface area contributed by atoms with Gasteiger partial charge in [0.05, 0.1) is 13.2 Å². The van der Waals surface area contributed by atoms with E-state index in [4.69, 9.17) is 9.47 Å². The Kier molecular flexibility index (Phi) is 5.58. The molecule has 5 heteroatoms. The fourth-order valence-corrected chi connectivity index (χ4v) is 2.19. The number of benzene rings is 1. The number of nitrogens with one attached hydrogen (secondary N) is 1. The molecule has 0 aliphatic rings. The van der Waals surface area contributed by atoms with Gasteiger partial charge in [-0.15, -0.1) is 0 Å². The Morgan fingerprint density at radius 2 is 1.82 bits per heavy atom. The van der Waals surface area contributed by atoms with Crippen LogP contribution >= 0.6 is 0 Å². The molecule has 1 heterocycles. The van der Waals surface area contributed by atoms with E-state index in [0.29, 0.717) is 18.2 Å². The van der Waals surface area contributed by atoms with Crippen LogP contribution in [0.25, 0.3) is 0 Å². The Hall–Kier alpha value is -2.30. The van der Waals surface area contributed by atoms with Crippen LogP contribution in [0.3, 0.4) is 0 Å². The van der Waals surface area contributed by atoms with Crippen molar-refractivity contribution in [2.24, 2.45) is 0 Å². The third-order valence-corrected chi connectivity index (χ3v) is 3.26. The van der Waals surface area contributed by atoms with E-state index < -0.39 is 0 Å². The zero-order chi connectivity index (χ0) is 15.9. The third-order valence-electron chi connectivity index (χ3n) is 3.26. The molecule has 0 amide bonds. The molecule has 0 fully saturated rings. The van der Waals surface area contributed by atoms with Gasteiger partial charge in [-0.1, -0.05) is 25.1 Å². The number of ether oxygens (including phenoxy) is 2. The molecular weight excluding hydrogens is 278 g/mol. The molecule has 1 N–H and O–H groups in total. The molecular formula is C17H23N3O2. The number of methoxy groups -OCH3 is 1. The normalized spacial score (nSPS) is 12.0. The van der Waals surface area contributed by atoms with E-state index >= 15 is 0 Å². The highest BCUT2D eigenvalue weighted by molar-refractivity contribution is 5.46. The van der Waals surface area contributed by atoms with E-state index in [1.807, 2.05) is 32.0 Å². The second-order valence-electron chi connectivity index (χ2n) is 5.40. The van der Waals surface area contributed by atoms with Crippen LogP contribution in [0.1, 0.15) is 32.3 Å². The summed E-state index contributed by atoms with van der Waals surface area (Å²) in [4.78, 5) is 8.54. The van der Waals surface area contributed by atoms with E-state index in [1.165, 1.54) is 0 Å². The van der Waals surface area contributed by atoms with Gasteiger partial charge < -0.3 is 14.8 Å². The lowest BCUT2D eigenvalue weighted by Gasteiger charge is -2.18. The molecule has 118 valence electrons. The van der Waals surface area contributed by atoms with Crippen LogP contribution in [0.4, 0.5) is 5.82 Å². The minimum Gasteiger partial charge on any atom is -0.496 e. The van der Waals surface area contributed by atoms with Crippen LogP contribution in [0, 0.1) is 0 Å². The molecule has 1 atom stereocenters. The molecule has 0 spiro atoms. The van der Waals surface area contributed by atoms with Crippen molar-refractivity contribution in [2.75, 3.05) is 19.0 Å². The van der Waals surface area contributed by atoms with Crippen molar-refractivity contribution < 1.29 is 9.47 Å². The lowest BCUT2D eigenvalue weighted by molar-refractivity contribution is 0.233. The summed E-state index contributed by atoms with van der Waals surface area (Å²) >= 11 is 0. The Morgan fingerprint density at radius 1 is 1.09 bits per heavy atom. The van der Waals surface area contributed by atoms with Crippen LogP contribution in [-0.2, 0) is 0 Å². The molecule has 2 aromatic rings. The summed E-state index contributed by atoms with van der Waals surface area (Å²) in [5.74, 6) is 2.36. The maximum Gasteiger partial charge on any atom is 0.257 e. The van der Waals surface area contributed by atoms with Crippen LogP contribution < -0.4 is 14.8 Å². The summed E-state index contributed by atoms with van der Waals surface area (Å²) in [5, 5.41) is 3.31. The smallest absolute Gasteiger partial charge is 0.257 e. The van der Waals surface area contributed by atoms with Crippen LogP contribution in [-0.4, -0.2) is 29.7 Å². The van der Waals surface area contributed by atoms with Crippen molar-refractivity contribution in [3.63, 3.8) is 0 Å². The number of para-hydroxylation sites is 1. The first kappa shape index (κ1) is 16.1. The lowest BCUT2D eigenvalue weighted by Crippen LogP contribution is -2.15. The van der Waals surface area contributed by atoms with Crippen molar-refractivity contribution in [1.82, 2.24) is 9.97 Å². The molecule has 0 bridgehead atoms. The zero-order valence-corrected chi connectivity index (χ0v) is 13.5. The van der Waals surface area contributed by atoms with Crippen LogP contribution in [0.5, 0.6) is 11.6 Å². The molecule has 1 aromatic heterocycles. The van der Waals surface area contributed by atoms with Gasteiger partial charge >= 0.3 is 0 Å². The number of hydrogen-bond acceptors (Lipinski definition) is 5. The second-order valence-corrected chi connectivity index (χ2v) is 5.40. The lowest BCUT2D eigenvalue weighted by atomic mass is 10.00. The molecule has 0 aliphatic heterocycles. The van der Waals surface area contributed by atoms with Gasteiger partial charge in [-0.05, 0) is 25.5 Å². The second kappa shape index (κ2) is 7.64. The quantitative estimate of drug-likeness (QED) is 0.848. The number of nitrogens with zero attached hydrogens (tertiary/aromatic N) is 2. The van der Waals surface area contributed by atoms with Crippen molar-refractivity contribution in [1.29, 1.82) is 0 Å². The van der Waals surface area contributed by atoms with E-state index in [2.05, 4.69) is 28.3 Å². The van der Waals surface area contributed by atoms with E-state index in [-0.39, 0.29) is 12.0 Å². The monoisotopic (exact) mass is 301 g/mol. The zero-order valence-electron chi connectivity index (χ0n) is 13.5. The fraction of sp³-hybridized carbons (Fsp3) is 0.412. The topological polar surface area (TPSA) is 56.3 Å². The maximum atomic E-state index is 5.67. The summed E-state index contributed by atoms with van der Waals surface area (Å²) in [6.07, 6.45) is 3.35. The number of anilines is 1. The first-order chi connectivity index (χ1) is 10.6. The average molecular weight is 301 g/mol. The molecule has 5 nitrogen and oxygen atoms in total. The Balaban J connectivity index is 2.06. The Morgan fingerprint density at radius 3 is 2.55 bits per heavy atom. The van der Waals surface area contributed by atoms with Gasteiger partial charge in [0.1, 0.15) is 5.75 Å². The van der Waals surface area contributed by atoms with Crippen molar-refractivity contribution in [3.05, 3.63) is 42.2 Å². The molecule has 0 saturated carbocycles. The predicted molar refractivity (Wildman–Crippen MR) is 87.7 cm³/mol. The number of aromatic nitrogens is 2. The molecule has 1 aromatic carbocycles. The SMILES string of the molecule is COc1ccccc1C(C)CNc1nccnc1OC(C)C. The van der Waals surface area contributed by atoms with Gasteiger partial charge in [-0.2, -0.15) is 0 Å². The Bertz CT molecular complexity index is 602. The third kappa shape index (κ3) is 4.10. The van der Waals surface area contributed by atoms with Gasteiger partial charge in [0.15, 0.2) is 5.82 Å². The first-order valence-electron chi connectivity index (χ1n) is 7.46. The fourth-order valence-electron chi connectivity index (χ4n) is 2.19. The summed E-state index contributed by atoms with van der Waals surface area (Å²) in [7, 11) is 1.69. The van der Waals surface area contributed by atoms with Crippen LogP contribution in [0.15, 0.2) is 36.7 Å². The van der Waals surface area contributed by atoms with Crippen LogP contribution in [0.2, 0.25) is 0 Å². The molecule has 2 rings (SSSR count). The minimum absolute atomic E-state index is 0.0592. The number of hydrogen-bond donors (Lipinski definition) is 1. The summed E-state index contributed by atoms with van der Waals surface area (Å²) in [6, 6.07) is 8.04. The van der Waals surface area contributed by atoms with Crippen molar-refractivity contribution >= 4 is 5.82 Å². The summed E-state index contributed by atoms with van der Waals surface area (Å²) < 4.78 is 11.1. The number of rotatable bonds is 7.